The molecule has 0 bridgehead atoms. The molecule has 0 spiro atoms. The van der Waals surface area contributed by atoms with Gasteiger partial charge in [-0.05, 0) is 18.7 Å². The van der Waals surface area contributed by atoms with Crippen LogP contribution in [0, 0.1) is 0 Å². The van der Waals surface area contributed by atoms with E-state index >= 15 is 0 Å². The van der Waals surface area contributed by atoms with E-state index in [4.69, 9.17) is 5.73 Å². The Kier molecular flexibility index (Phi) is 6.78. The van der Waals surface area contributed by atoms with Crippen molar-refractivity contribution < 1.29 is 4.79 Å². The molecule has 1 heterocycles. The molecule has 0 aliphatic rings. The number of hydrogen-bond acceptors (Lipinski definition) is 2. The highest BCUT2D eigenvalue weighted by Gasteiger charge is 2.14. The molecule has 2 rings (SSSR count). The van der Waals surface area contributed by atoms with Crippen LogP contribution in [0.3, 0.4) is 0 Å². The molecular weight excluding hydrogens is 310 g/mol. The van der Waals surface area contributed by atoms with Crippen molar-refractivity contribution in [1.29, 1.82) is 0 Å². The summed E-state index contributed by atoms with van der Waals surface area (Å²) in [5, 5.41) is 1.14. The van der Waals surface area contributed by atoms with E-state index in [0.717, 1.165) is 22.0 Å². The first kappa shape index (κ1) is 18.7. The van der Waals surface area contributed by atoms with Crippen LogP contribution in [0.1, 0.15) is 19.4 Å². The third-order valence-corrected chi connectivity index (χ3v) is 4.06. The lowest BCUT2D eigenvalue weighted by molar-refractivity contribution is -0.128. The van der Waals surface area contributed by atoms with Crippen molar-refractivity contribution in [2.75, 3.05) is 13.1 Å². The molecule has 25 heavy (non-hydrogen) atoms. The Balaban J connectivity index is 2.01. The van der Waals surface area contributed by atoms with Gasteiger partial charge >= 0.3 is 0 Å². The van der Waals surface area contributed by atoms with Crippen molar-refractivity contribution in [2.45, 2.75) is 26.3 Å². The number of benzene rings is 1. The summed E-state index contributed by atoms with van der Waals surface area (Å²) in [6, 6.07) is 7.91. The van der Waals surface area contributed by atoms with Gasteiger partial charge in [0.15, 0.2) is 0 Å². The predicted octanol–water partition coefficient (Wildman–Crippen LogP) is 3.20. The van der Waals surface area contributed by atoms with Gasteiger partial charge in [0.1, 0.15) is 0 Å². The average Bonchev–Trinajstić information content (AvgIpc) is 2.97. The molecule has 0 fully saturated rings. The summed E-state index contributed by atoms with van der Waals surface area (Å²) in [6.45, 7) is 8.32. The minimum atomic E-state index is -0.131. The maximum absolute atomic E-state index is 12.0. The van der Waals surface area contributed by atoms with Gasteiger partial charge in [-0.3, -0.25) is 4.79 Å². The minimum absolute atomic E-state index is 0.0291. The van der Waals surface area contributed by atoms with E-state index in [1.807, 2.05) is 49.5 Å². The van der Waals surface area contributed by atoms with Gasteiger partial charge in [-0.25, -0.2) is 0 Å². The molecule has 0 unspecified atom stereocenters. The molecule has 0 saturated carbocycles. The van der Waals surface area contributed by atoms with Crippen LogP contribution in [-0.4, -0.2) is 29.9 Å². The van der Waals surface area contributed by atoms with Gasteiger partial charge in [-0.15, -0.1) is 5.52 Å². The third-order valence-electron chi connectivity index (χ3n) is 4.06. The van der Waals surface area contributed by atoms with Gasteiger partial charge in [0, 0.05) is 26.1 Å². The highest BCUT2D eigenvalue weighted by Crippen LogP contribution is 2.18. The zero-order valence-electron chi connectivity index (χ0n) is 15.0. The highest BCUT2D eigenvalue weighted by atomic mass is 16.2. The van der Waals surface area contributed by atoms with Crippen LogP contribution in [0.2, 0.25) is 0 Å². The van der Waals surface area contributed by atoms with Gasteiger partial charge < -0.3 is 15.6 Å². The Morgan fingerprint density at radius 2 is 2.08 bits per heavy atom. The van der Waals surface area contributed by atoms with Crippen molar-refractivity contribution in [1.82, 2.24) is 9.88 Å². The Hall–Kier alpha value is -2.59. The van der Waals surface area contributed by atoms with E-state index in [-0.39, 0.29) is 11.9 Å². The van der Waals surface area contributed by atoms with Crippen LogP contribution in [0.4, 0.5) is 0 Å². The quantitative estimate of drug-likeness (QED) is 0.753. The molecule has 132 valence electrons. The van der Waals surface area contributed by atoms with Gasteiger partial charge in [0.05, 0.1) is 0 Å². The van der Waals surface area contributed by atoms with Crippen LogP contribution in [0.25, 0.3) is 10.9 Å². The number of carbonyl (C=O) groups is 1. The van der Waals surface area contributed by atoms with Crippen LogP contribution in [0.15, 0.2) is 66.9 Å². The highest BCUT2D eigenvalue weighted by molar-refractivity contribution is 5.82. The molecule has 1 amide bonds. The SMILES string of the molecule is C=C/C=C\C=C(/C)CN(C[C@H](N)Cc1c[n-]c2ccccc12)C(C)=O. The summed E-state index contributed by atoms with van der Waals surface area (Å²) in [5.41, 5.74) is 9.54. The molecule has 2 N–H and O–H groups in total. The van der Waals surface area contributed by atoms with E-state index < -0.39 is 0 Å². The number of carbonyl (C=O) groups excluding carboxylic acids is 1. The lowest BCUT2D eigenvalue weighted by Crippen LogP contribution is -2.42. The van der Waals surface area contributed by atoms with Gasteiger partial charge in [0.2, 0.25) is 5.91 Å². The molecule has 0 aliphatic heterocycles. The largest absolute Gasteiger partial charge is 0.663 e. The predicted molar refractivity (Wildman–Crippen MR) is 104 cm³/mol. The monoisotopic (exact) mass is 336 g/mol. The number of para-hydroxylation sites is 1. The van der Waals surface area contributed by atoms with Gasteiger partial charge in [0.25, 0.3) is 0 Å². The third kappa shape index (κ3) is 5.47. The van der Waals surface area contributed by atoms with Crippen LogP contribution in [0.5, 0.6) is 0 Å². The van der Waals surface area contributed by atoms with Crippen molar-refractivity contribution in [2.24, 2.45) is 5.73 Å². The fourth-order valence-electron chi connectivity index (χ4n) is 2.82. The Bertz CT molecular complexity index is 785. The lowest BCUT2D eigenvalue weighted by Gasteiger charge is -2.25. The van der Waals surface area contributed by atoms with Crippen LogP contribution in [-0.2, 0) is 11.2 Å². The second kappa shape index (κ2) is 9.04. The van der Waals surface area contributed by atoms with E-state index in [1.165, 1.54) is 0 Å². The first-order valence-corrected chi connectivity index (χ1v) is 8.46. The number of aromatic nitrogens is 1. The second-order valence-electron chi connectivity index (χ2n) is 6.30. The van der Waals surface area contributed by atoms with E-state index in [1.54, 1.807) is 17.9 Å². The van der Waals surface area contributed by atoms with E-state index in [2.05, 4.69) is 17.6 Å². The molecule has 0 saturated heterocycles. The summed E-state index contributed by atoms with van der Waals surface area (Å²) >= 11 is 0. The number of nitrogens with two attached hydrogens (primary N) is 1. The zero-order chi connectivity index (χ0) is 18.2. The minimum Gasteiger partial charge on any atom is -0.663 e. The topological polar surface area (TPSA) is 60.4 Å². The maximum atomic E-state index is 12.0. The molecule has 4 nitrogen and oxygen atoms in total. The number of hydrogen-bond donors (Lipinski definition) is 1. The Morgan fingerprint density at radius 3 is 2.80 bits per heavy atom. The second-order valence-corrected chi connectivity index (χ2v) is 6.30. The summed E-state index contributed by atoms with van der Waals surface area (Å²) in [6.07, 6.45) is 10.1. The van der Waals surface area contributed by atoms with Crippen LogP contribution < -0.4 is 10.7 Å². The smallest absolute Gasteiger partial charge is 0.219 e. The summed E-state index contributed by atoms with van der Waals surface area (Å²) < 4.78 is 0. The fourth-order valence-corrected chi connectivity index (χ4v) is 2.82. The standard InChI is InChI=1S/C21H26N3O/c1-4-5-6-9-16(2)14-24(17(3)25)15-19(22)12-18-13-23-21-11-8-7-10-20(18)21/h4-11,13,19H,1,12,14-15,22H2,2-3H3/q-1/b6-5-,16-9+/t19-/m1/s1. The van der Waals surface area contributed by atoms with Gasteiger partial charge in [-0.2, -0.15) is 6.20 Å². The zero-order valence-corrected chi connectivity index (χ0v) is 15.0. The first-order chi connectivity index (χ1) is 12.0. The average molecular weight is 336 g/mol. The Morgan fingerprint density at radius 1 is 1.32 bits per heavy atom. The summed E-state index contributed by atoms with van der Waals surface area (Å²) in [7, 11) is 0. The van der Waals surface area contributed by atoms with E-state index in [0.29, 0.717) is 19.5 Å². The molecule has 1 aromatic carbocycles. The molecule has 4 heteroatoms. The number of rotatable bonds is 8. The van der Waals surface area contributed by atoms with Crippen molar-refractivity contribution >= 4 is 16.8 Å². The number of amides is 1. The van der Waals surface area contributed by atoms with Gasteiger partial charge in [-0.1, -0.05) is 66.3 Å². The van der Waals surface area contributed by atoms with Crippen LogP contribution >= 0.6 is 0 Å². The lowest BCUT2D eigenvalue weighted by atomic mass is 10.0. The summed E-state index contributed by atoms with van der Waals surface area (Å²) in [5.74, 6) is 0.0291. The molecule has 0 aliphatic carbocycles. The van der Waals surface area contributed by atoms with Crippen molar-refractivity contribution in [3.63, 3.8) is 0 Å². The fraction of sp³-hybridized carbons (Fsp3) is 0.286. The number of fused-ring (bicyclic) bond motifs is 1. The maximum Gasteiger partial charge on any atom is 0.219 e. The molecular formula is C21H26N3O-. The molecule has 0 radical (unpaired) electrons. The van der Waals surface area contributed by atoms with Crippen molar-refractivity contribution in [3.05, 3.63) is 72.5 Å². The molecule has 2 aromatic rings. The Labute approximate surface area is 149 Å². The first-order valence-electron chi connectivity index (χ1n) is 8.46. The number of allylic oxidation sites excluding steroid dienone is 4. The molecule has 1 atom stereocenters. The number of nitrogens with zero attached hydrogens (tertiary/aromatic N) is 2. The van der Waals surface area contributed by atoms with E-state index in [9.17, 15) is 4.79 Å². The summed E-state index contributed by atoms with van der Waals surface area (Å²) in [4.78, 5) is 18.2. The molecule has 1 aromatic heterocycles. The normalized spacial score (nSPS) is 13.3. The van der Waals surface area contributed by atoms with Crippen molar-refractivity contribution in [3.8, 4) is 0 Å².